The molecule has 1 aromatic heterocycles. The van der Waals surface area contributed by atoms with Gasteiger partial charge in [0.15, 0.2) is 0 Å². The van der Waals surface area contributed by atoms with E-state index in [1.165, 1.54) is 11.8 Å². The summed E-state index contributed by atoms with van der Waals surface area (Å²) < 4.78 is 2.01. The summed E-state index contributed by atoms with van der Waals surface area (Å²) in [6.45, 7) is 3.48. The number of carbonyl (C=O) groups excluding carboxylic acids is 2. The number of likely N-dealkylation sites (tertiary alicyclic amines) is 1. The van der Waals surface area contributed by atoms with Crippen molar-refractivity contribution in [2.45, 2.75) is 42.4 Å². The first-order valence-corrected chi connectivity index (χ1v) is 9.83. The van der Waals surface area contributed by atoms with Gasteiger partial charge in [0.25, 0.3) is 0 Å². The van der Waals surface area contributed by atoms with Gasteiger partial charge in [0.05, 0.1) is 23.2 Å². The van der Waals surface area contributed by atoms with E-state index in [1.54, 1.807) is 0 Å². The van der Waals surface area contributed by atoms with Crippen molar-refractivity contribution in [2.75, 3.05) is 18.4 Å². The highest BCUT2D eigenvalue weighted by Gasteiger charge is 2.32. The molecule has 2 amide bonds. The van der Waals surface area contributed by atoms with Crippen molar-refractivity contribution in [2.24, 2.45) is 0 Å². The lowest BCUT2D eigenvalue weighted by Crippen LogP contribution is -2.42. The minimum Gasteiger partial charge on any atom is -0.342 e. The second-order valence-corrected chi connectivity index (χ2v) is 8.15. The molecule has 0 aliphatic carbocycles. The topological polar surface area (TPSA) is 67.2 Å². The Morgan fingerprint density at radius 3 is 2.81 bits per heavy atom. The third kappa shape index (κ3) is 3.49. The number of nitrogens with one attached hydrogen (secondary N) is 1. The van der Waals surface area contributed by atoms with Crippen LogP contribution in [0.4, 0.5) is 5.69 Å². The molecule has 1 atom stereocenters. The number of nitrogens with zero attached hydrogens (tertiary/aromatic N) is 3. The summed E-state index contributed by atoms with van der Waals surface area (Å²) in [7, 11) is 0. The number of piperidine rings is 1. The molecule has 1 N–H and O–H groups in total. The number of thioether (sulfide) groups is 1. The zero-order valence-electron chi connectivity index (χ0n) is 14.7. The Kier molecular flexibility index (Phi) is 4.72. The predicted octanol–water partition coefficient (Wildman–Crippen LogP) is 2.86. The van der Waals surface area contributed by atoms with Gasteiger partial charge in [-0.05, 0) is 37.5 Å². The molecule has 26 heavy (non-hydrogen) atoms. The summed E-state index contributed by atoms with van der Waals surface area (Å²) in [4.78, 5) is 27.9. The maximum absolute atomic E-state index is 12.7. The van der Waals surface area contributed by atoms with E-state index in [-0.39, 0.29) is 23.5 Å². The molecule has 7 heteroatoms. The highest BCUT2D eigenvalue weighted by Crippen LogP contribution is 2.37. The monoisotopic (exact) mass is 370 g/mol. The SMILES string of the molecule is Cc1cnn(C2CCN(C(=O)CC3Sc4ccccc4NC3=O)CC2)c1. The van der Waals surface area contributed by atoms with Gasteiger partial charge in [-0.2, -0.15) is 5.10 Å². The number of aryl methyl sites for hydroxylation is 1. The number of benzene rings is 1. The van der Waals surface area contributed by atoms with E-state index in [4.69, 9.17) is 0 Å². The van der Waals surface area contributed by atoms with E-state index >= 15 is 0 Å². The third-order valence-electron chi connectivity index (χ3n) is 4.99. The Labute approximate surface area is 156 Å². The fraction of sp³-hybridized carbons (Fsp3) is 0.421. The highest BCUT2D eigenvalue weighted by molar-refractivity contribution is 8.01. The van der Waals surface area contributed by atoms with E-state index in [0.717, 1.165) is 42.1 Å². The molecule has 4 rings (SSSR count). The van der Waals surface area contributed by atoms with Gasteiger partial charge in [-0.1, -0.05) is 12.1 Å². The Hall–Kier alpha value is -2.28. The van der Waals surface area contributed by atoms with Gasteiger partial charge in [0.2, 0.25) is 11.8 Å². The smallest absolute Gasteiger partial charge is 0.238 e. The number of hydrogen-bond donors (Lipinski definition) is 1. The molecule has 2 aromatic rings. The normalized spacial score (nSPS) is 20.6. The molecule has 1 saturated heterocycles. The Bertz CT molecular complexity index is 826. The van der Waals surface area contributed by atoms with E-state index in [0.29, 0.717) is 6.04 Å². The quantitative estimate of drug-likeness (QED) is 0.902. The molecule has 2 aliphatic heterocycles. The van der Waals surface area contributed by atoms with Crippen molar-refractivity contribution >= 4 is 29.3 Å². The summed E-state index contributed by atoms with van der Waals surface area (Å²) in [6.07, 6.45) is 5.98. The van der Waals surface area contributed by atoms with Gasteiger partial charge in [-0.3, -0.25) is 14.3 Å². The first kappa shape index (κ1) is 17.1. The van der Waals surface area contributed by atoms with Crippen LogP contribution in [0.25, 0.3) is 0 Å². The van der Waals surface area contributed by atoms with Gasteiger partial charge >= 0.3 is 0 Å². The lowest BCUT2D eigenvalue weighted by molar-refractivity contribution is -0.133. The van der Waals surface area contributed by atoms with Crippen LogP contribution in [0.15, 0.2) is 41.6 Å². The average molecular weight is 370 g/mol. The van der Waals surface area contributed by atoms with Crippen molar-refractivity contribution in [3.05, 3.63) is 42.2 Å². The Morgan fingerprint density at radius 2 is 2.08 bits per heavy atom. The average Bonchev–Trinajstić information content (AvgIpc) is 3.09. The summed E-state index contributed by atoms with van der Waals surface area (Å²) in [5, 5.41) is 6.94. The molecule has 3 heterocycles. The van der Waals surface area contributed by atoms with Crippen LogP contribution in [0.1, 0.15) is 30.9 Å². The Balaban J connectivity index is 1.34. The van der Waals surface area contributed by atoms with Gasteiger partial charge in [0, 0.05) is 30.6 Å². The van der Waals surface area contributed by atoms with E-state index in [2.05, 4.69) is 16.6 Å². The lowest BCUT2D eigenvalue weighted by atomic mass is 10.0. The summed E-state index contributed by atoms with van der Waals surface area (Å²) in [5.74, 6) is -0.0175. The van der Waals surface area contributed by atoms with Crippen LogP contribution >= 0.6 is 11.8 Å². The number of fused-ring (bicyclic) bond motifs is 1. The lowest BCUT2D eigenvalue weighted by Gasteiger charge is -2.33. The summed E-state index contributed by atoms with van der Waals surface area (Å²) in [5.41, 5.74) is 1.99. The van der Waals surface area contributed by atoms with Crippen molar-refractivity contribution in [1.29, 1.82) is 0 Å². The second-order valence-electron chi connectivity index (χ2n) is 6.91. The second kappa shape index (κ2) is 7.15. The number of carbonyl (C=O) groups is 2. The van der Waals surface area contributed by atoms with E-state index in [1.807, 2.05) is 47.0 Å². The molecule has 1 fully saturated rings. The predicted molar refractivity (Wildman–Crippen MR) is 101 cm³/mol. The first-order chi connectivity index (χ1) is 12.6. The van der Waals surface area contributed by atoms with Crippen LogP contribution in [0.2, 0.25) is 0 Å². The molecule has 1 aromatic carbocycles. The minimum atomic E-state index is -0.358. The number of hydrogen-bond acceptors (Lipinski definition) is 4. The first-order valence-electron chi connectivity index (χ1n) is 8.95. The van der Waals surface area contributed by atoms with Crippen molar-refractivity contribution in [3.63, 3.8) is 0 Å². The summed E-state index contributed by atoms with van der Waals surface area (Å²) >= 11 is 1.48. The maximum Gasteiger partial charge on any atom is 0.238 e. The van der Waals surface area contributed by atoms with Crippen LogP contribution in [-0.4, -0.2) is 44.8 Å². The standard InChI is InChI=1S/C19H22N4O2S/c1-13-11-20-23(12-13)14-6-8-22(9-7-14)18(24)10-17-19(25)21-15-4-2-3-5-16(15)26-17/h2-5,11-12,14,17H,6-10H2,1H3,(H,21,25). The zero-order chi connectivity index (χ0) is 18.1. The molecule has 0 bridgehead atoms. The molecule has 6 nitrogen and oxygen atoms in total. The largest absolute Gasteiger partial charge is 0.342 e. The van der Waals surface area contributed by atoms with E-state index in [9.17, 15) is 9.59 Å². The molecule has 1 unspecified atom stereocenters. The maximum atomic E-state index is 12.7. The number of aromatic nitrogens is 2. The van der Waals surface area contributed by atoms with Crippen molar-refractivity contribution in [1.82, 2.24) is 14.7 Å². The van der Waals surface area contributed by atoms with Crippen molar-refractivity contribution in [3.8, 4) is 0 Å². The van der Waals surface area contributed by atoms with Gasteiger partial charge in [-0.15, -0.1) is 11.8 Å². The fourth-order valence-corrected chi connectivity index (χ4v) is 4.63. The molecule has 136 valence electrons. The highest BCUT2D eigenvalue weighted by atomic mass is 32.2. The zero-order valence-corrected chi connectivity index (χ0v) is 15.5. The van der Waals surface area contributed by atoms with Crippen LogP contribution < -0.4 is 5.32 Å². The van der Waals surface area contributed by atoms with Gasteiger partial charge < -0.3 is 10.2 Å². The molecular weight excluding hydrogens is 348 g/mol. The van der Waals surface area contributed by atoms with E-state index < -0.39 is 0 Å². The number of anilines is 1. The van der Waals surface area contributed by atoms with Crippen LogP contribution in [0.3, 0.4) is 0 Å². The van der Waals surface area contributed by atoms with Crippen LogP contribution in [0.5, 0.6) is 0 Å². The van der Waals surface area contributed by atoms with Crippen LogP contribution in [0, 0.1) is 6.92 Å². The third-order valence-corrected chi connectivity index (χ3v) is 6.26. The number of amides is 2. The molecule has 0 radical (unpaired) electrons. The summed E-state index contributed by atoms with van der Waals surface area (Å²) in [6, 6.07) is 8.07. The number of rotatable bonds is 3. The van der Waals surface area contributed by atoms with Gasteiger partial charge in [-0.25, -0.2) is 0 Å². The van der Waals surface area contributed by atoms with Crippen molar-refractivity contribution < 1.29 is 9.59 Å². The number of para-hydroxylation sites is 1. The molecular formula is C19H22N4O2S. The fourth-order valence-electron chi connectivity index (χ4n) is 3.53. The van der Waals surface area contributed by atoms with Crippen LogP contribution in [-0.2, 0) is 9.59 Å². The van der Waals surface area contributed by atoms with Gasteiger partial charge in [0.1, 0.15) is 0 Å². The minimum absolute atomic E-state index is 0.0622. The molecule has 0 spiro atoms. The molecule has 0 saturated carbocycles. The Morgan fingerprint density at radius 1 is 1.31 bits per heavy atom. The molecule has 2 aliphatic rings.